The summed E-state index contributed by atoms with van der Waals surface area (Å²) in [5.41, 5.74) is 1.10. The van der Waals surface area contributed by atoms with Crippen LogP contribution in [0.4, 0.5) is 0 Å². The molecule has 0 atom stereocenters. The lowest BCUT2D eigenvalue weighted by Gasteiger charge is -2.00. The van der Waals surface area contributed by atoms with E-state index in [2.05, 4.69) is 10.3 Å². The zero-order chi connectivity index (χ0) is 8.97. The lowest BCUT2D eigenvalue weighted by Crippen LogP contribution is -2.25. The van der Waals surface area contributed by atoms with Crippen LogP contribution in [0.3, 0.4) is 0 Å². The number of nitrogens with one attached hydrogen (secondary N) is 1. The van der Waals surface area contributed by atoms with Gasteiger partial charge in [-0.25, -0.2) is 4.98 Å². The molecule has 12 heavy (non-hydrogen) atoms. The van der Waals surface area contributed by atoms with Gasteiger partial charge in [-0.05, 0) is 19.1 Å². The molecular formula is C8H10N2O2. The van der Waals surface area contributed by atoms with E-state index in [4.69, 9.17) is 5.11 Å². The molecule has 0 spiro atoms. The smallest absolute Gasteiger partial charge is 0.271 e. The predicted octanol–water partition coefficient (Wildman–Crippen LogP) is 0.0696. The van der Waals surface area contributed by atoms with Gasteiger partial charge in [-0.15, -0.1) is 0 Å². The number of aromatic nitrogens is 1. The summed E-state index contributed by atoms with van der Waals surface area (Å²) in [6.07, 6.45) is 0. The number of aliphatic hydroxyl groups excluding tert-OH is 1. The number of nitrogens with zero attached hydrogens (tertiary/aromatic N) is 1. The summed E-state index contributed by atoms with van der Waals surface area (Å²) in [5.74, 6) is -0.360. The van der Waals surface area contributed by atoms with Gasteiger partial charge < -0.3 is 10.4 Å². The molecule has 0 aliphatic carbocycles. The highest BCUT2D eigenvalue weighted by atomic mass is 16.3. The number of carbonyl (C=O) groups excluding carboxylic acids is 1. The van der Waals surface area contributed by atoms with Crippen LogP contribution in [0.2, 0.25) is 0 Å². The fourth-order valence-corrected chi connectivity index (χ4v) is 0.832. The van der Waals surface area contributed by atoms with Crippen LogP contribution in [0, 0.1) is 6.92 Å². The van der Waals surface area contributed by atoms with Gasteiger partial charge in [0, 0.05) is 5.69 Å². The van der Waals surface area contributed by atoms with Gasteiger partial charge in [0.25, 0.3) is 5.91 Å². The van der Waals surface area contributed by atoms with Gasteiger partial charge in [-0.3, -0.25) is 4.79 Å². The number of rotatable bonds is 2. The van der Waals surface area contributed by atoms with Gasteiger partial charge in [0.15, 0.2) is 0 Å². The van der Waals surface area contributed by atoms with Crippen LogP contribution in [0.1, 0.15) is 16.2 Å². The van der Waals surface area contributed by atoms with E-state index in [1.165, 1.54) is 0 Å². The Morgan fingerprint density at radius 3 is 3.00 bits per heavy atom. The second-order valence-corrected chi connectivity index (χ2v) is 2.33. The molecule has 0 aliphatic rings. The molecule has 0 aromatic carbocycles. The van der Waals surface area contributed by atoms with Crippen LogP contribution >= 0.6 is 0 Å². The number of aryl methyl sites for hydroxylation is 1. The van der Waals surface area contributed by atoms with E-state index < -0.39 is 0 Å². The zero-order valence-corrected chi connectivity index (χ0v) is 6.74. The Kier molecular flexibility index (Phi) is 2.76. The van der Waals surface area contributed by atoms with Crippen molar-refractivity contribution in [2.75, 3.05) is 6.73 Å². The van der Waals surface area contributed by atoms with E-state index in [0.29, 0.717) is 5.69 Å². The molecule has 1 rings (SSSR count). The van der Waals surface area contributed by atoms with Crippen molar-refractivity contribution in [3.05, 3.63) is 29.6 Å². The Morgan fingerprint density at radius 2 is 2.42 bits per heavy atom. The average Bonchev–Trinajstić information content (AvgIpc) is 2.05. The molecule has 0 fully saturated rings. The van der Waals surface area contributed by atoms with Crippen molar-refractivity contribution in [3.63, 3.8) is 0 Å². The Hall–Kier alpha value is -1.42. The predicted molar refractivity (Wildman–Crippen MR) is 43.5 cm³/mol. The van der Waals surface area contributed by atoms with E-state index in [-0.39, 0.29) is 12.6 Å². The molecule has 1 aromatic heterocycles. The minimum absolute atomic E-state index is 0.323. The third kappa shape index (κ3) is 2.03. The van der Waals surface area contributed by atoms with Crippen molar-refractivity contribution in [2.45, 2.75) is 6.92 Å². The molecule has 1 amide bonds. The quantitative estimate of drug-likeness (QED) is 0.611. The van der Waals surface area contributed by atoms with Crippen LogP contribution in [-0.2, 0) is 0 Å². The van der Waals surface area contributed by atoms with Crippen molar-refractivity contribution in [2.24, 2.45) is 0 Å². The van der Waals surface area contributed by atoms with Gasteiger partial charge in [-0.1, -0.05) is 6.07 Å². The number of carbonyl (C=O) groups is 1. The number of hydrogen-bond acceptors (Lipinski definition) is 3. The van der Waals surface area contributed by atoms with Crippen molar-refractivity contribution in [1.29, 1.82) is 0 Å². The Balaban J connectivity index is 2.81. The summed E-state index contributed by atoms with van der Waals surface area (Å²) in [4.78, 5) is 15.0. The fourth-order valence-electron chi connectivity index (χ4n) is 0.832. The largest absolute Gasteiger partial charge is 0.376 e. The first-order valence-electron chi connectivity index (χ1n) is 3.57. The summed E-state index contributed by atoms with van der Waals surface area (Å²) in [5, 5.41) is 10.7. The zero-order valence-electron chi connectivity index (χ0n) is 6.74. The molecule has 1 aromatic rings. The molecule has 2 N–H and O–H groups in total. The number of aliphatic hydroxyl groups is 1. The highest BCUT2D eigenvalue weighted by molar-refractivity contribution is 5.92. The Bertz CT molecular complexity index is 286. The second-order valence-electron chi connectivity index (χ2n) is 2.33. The highest BCUT2D eigenvalue weighted by Gasteiger charge is 2.04. The fraction of sp³-hybridized carbons (Fsp3) is 0.250. The third-order valence-electron chi connectivity index (χ3n) is 1.36. The molecule has 4 nitrogen and oxygen atoms in total. The maximum atomic E-state index is 11.1. The van der Waals surface area contributed by atoms with Gasteiger partial charge in [-0.2, -0.15) is 0 Å². The molecule has 0 aliphatic heterocycles. The van der Waals surface area contributed by atoms with Crippen LogP contribution < -0.4 is 5.32 Å². The molecule has 0 unspecified atom stereocenters. The van der Waals surface area contributed by atoms with Crippen molar-refractivity contribution >= 4 is 5.91 Å². The van der Waals surface area contributed by atoms with E-state index in [9.17, 15) is 4.79 Å². The van der Waals surface area contributed by atoms with Crippen molar-refractivity contribution < 1.29 is 9.90 Å². The Labute approximate surface area is 70.3 Å². The van der Waals surface area contributed by atoms with Gasteiger partial charge in [0.1, 0.15) is 12.4 Å². The molecule has 0 saturated heterocycles. The number of hydrogen-bond donors (Lipinski definition) is 2. The first kappa shape index (κ1) is 8.67. The standard InChI is InChI=1S/C8H10N2O2/c1-6-3-2-4-7(10-6)8(12)9-5-11/h2-4,11H,5H2,1H3,(H,9,12). The first-order chi connectivity index (χ1) is 5.74. The van der Waals surface area contributed by atoms with Crippen molar-refractivity contribution in [3.8, 4) is 0 Å². The highest BCUT2D eigenvalue weighted by Crippen LogP contribution is 1.96. The van der Waals surface area contributed by atoms with E-state index in [1.807, 2.05) is 0 Å². The summed E-state index contributed by atoms with van der Waals surface area (Å²) in [7, 11) is 0. The minimum atomic E-state index is -0.367. The van der Waals surface area contributed by atoms with E-state index in [1.54, 1.807) is 25.1 Å². The molecule has 0 radical (unpaired) electrons. The van der Waals surface area contributed by atoms with Gasteiger partial charge in [0.2, 0.25) is 0 Å². The molecule has 0 bridgehead atoms. The summed E-state index contributed by atoms with van der Waals surface area (Å²) >= 11 is 0. The SMILES string of the molecule is Cc1cccc(C(=O)NCO)n1. The van der Waals surface area contributed by atoms with Gasteiger partial charge >= 0.3 is 0 Å². The molecule has 1 heterocycles. The van der Waals surface area contributed by atoms with Crippen LogP contribution in [0.15, 0.2) is 18.2 Å². The summed E-state index contributed by atoms with van der Waals surface area (Å²) in [6.45, 7) is 1.43. The molecule has 0 saturated carbocycles. The maximum absolute atomic E-state index is 11.1. The maximum Gasteiger partial charge on any atom is 0.271 e. The normalized spacial score (nSPS) is 9.50. The number of pyridine rings is 1. The van der Waals surface area contributed by atoms with Crippen LogP contribution in [0.5, 0.6) is 0 Å². The summed E-state index contributed by atoms with van der Waals surface area (Å²) in [6, 6.07) is 5.14. The third-order valence-corrected chi connectivity index (χ3v) is 1.36. The van der Waals surface area contributed by atoms with E-state index >= 15 is 0 Å². The average molecular weight is 166 g/mol. The lowest BCUT2D eigenvalue weighted by atomic mass is 10.3. The molecule has 4 heteroatoms. The van der Waals surface area contributed by atoms with Gasteiger partial charge in [0.05, 0.1) is 0 Å². The topological polar surface area (TPSA) is 62.2 Å². The van der Waals surface area contributed by atoms with Crippen molar-refractivity contribution in [1.82, 2.24) is 10.3 Å². The first-order valence-corrected chi connectivity index (χ1v) is 3.57. The molecular weight excluding hydrogens is 156 g/mol. The second kappa shape index (κ2) is 3.82. The monoisotopic (exact) mass is 166 g/mol. The van der Waals surface area contributed by atoms with Crippen LogP contribution in [-0.4, -0.2) is 22.7 Å². The number of amides is 1. The minimum Gasteiger partial charge on any atom is -0.376 e. The molecule has 64 valence electrons. The lowest BCUT2D eigenvalue weighted by molar-refractivity contribution is 0.0905. The summed E-state index contributed by atoms with van der Waals surface area (Å²) < 4.78 is 0. The Morgan fingerprint density at radius 1 is 1.67 bits per heavy atom. The van der Waals surface area contributed by atoms with E-state index in [0.717, 1.165) is 5.69 Å². The van der Waals surface area contributed by atoms with Crippen LogP contribution in [0.25, 0.3) is 0 Å².